The summed E-state index contributed by atoms with van der Waals surface area (Å²) >= 11 is 6.36. The van der Waals surface area contributed by atoms with Gasteiger partial charge in [-0.3, -0.25) is 19.7 Å². The van der Waals surface area contributed by atoms with Crippen LogP contribution in [0.4, 0.5) is 5.69 Å². The van der Waals surface area contributed by atoms with Gasteiger partial charge in [-0.15, -0.1) is 0 Å². The second-order valence-corrected chi connectivity index (χ2v) is 8.39. The lowest BCUT2D eigenvalue weighted by Gasteiger charge is -2.13. The standard InChI is InChI=1S/C22H17ClN4O6/c1-32-16-7-11(6-15(23)20(16)33-17-5-4-14(10-24-17)27(30)31)9-25-26-21(28)18-12-2-3-13(8-12)19(18)22(26)29/h2-7,9-10,12-13,18-19H,8H2,1H3/t12-,13-,18-,19+/m0/s1. The Kier molecular flexibility index (Phi) is 5.09. The Morgan fingerprint density at radius 3 is 2.48 bits per heavy atom. The highest BCUT2D eigenvalue weighted by Gasteiger charge is 2.59. The summed E-state index contributed by atoms with van der Waals surface area (Å²) in [7, 11) is 1.42. The Labute approximate surface area is 192 Å². The van der Waals surface area contributed by atoms with E-state index in [1.54, 1.807) is 6.07 Å². The Hall–Kier alpha value is -3.79. The number of methoxy groups -OCH3 is 1. The lowest BCUT2D eigenvalue weighted by molar-refractivity contribution is -0.385. The summed E-state index contributed by atoms with van der Waals surface area (Å²) in [6, 6.07) is 5.70. The number of carbonyl (C=O) groups is 2. The maximum absolute atomic E-state index is 12.8. The molecule has 0 unspecified atom stereocenters. The van der Waals surface area contributed by atoms with Gasteiger partial charge in [0.25, 0.3) is 17.5 Å². The van der Waals surface area contributed by atoms with Crippen LogP contribution in [0.5, 0.6) is 17.4 Å². The number of rotatable bonds is 6. The van der Waals surface area contributed by atoms with E-state index >= 15 is 0 Å². The van der Waals surface area contributed by atoms with Gasteiger partial charge < -0.3 is 9.47 Å². The number of imide groups is 1. The molecule has 3 aliphatic rings. The molecular formula is C22H17ClN4O6. The van der Waals surface area contributed by atoms with Gasteiger partial charge in [0.2, 0.25) is 5.88 Å². The van der Waals surface area contributed by atoms with E-state index in [9.17, 15) is 19.7 Å². The smallest absolute Gasteiger partial charge is 0.287 e. The first kappa shape index (κ1) is 21.1. The van der Waals surface area contributed by atoms with Crippen molar-refractivity contribution < 1.29 is 24.0 Å². The predicted octanol–water partition coefficient (Wildman–Crippen LogP) is 3.59. The molecule has 1 saturated carbocycles. The third kappa shape index (κ3) is 3.52. The highest BCUT2D eigenvalue weighted by Crippen LogP contribution is 2.52. The summed E-state index contributed by atoms with van der Waals surface area (Å²) in [5.74, 6) is -0.497. The minimum absolute atomic E-state index is 0.0882. The number of pyridine rings is 1. The largest absolute Gasteiger partial charge is 0.493 e. The Bertz CT molecular complexity index is 1200. The zero-order valence-electron chi connectivity index (χ0n) is 17.3. The summed E-state index contributed by atoms with van der Waals surface area (Å²) < 4.78 is 11.0. The number of halogens is 1. The zero-order valence-corrected chi connectivity index (χ0v) is 18.0. The Morgan fingerprint density at radius 2 is 1.91 bits per heavy atom. The zero-order chi connectivity index (χ0) is 23.3. The number of aromatic nitrogens is 1. The number of carbonyl (C=O) groups excluding carboxylic acids is 2. The average Bonchev–Trinajstić information content (AvgIpc) is 3.48. The Morgan fingerprint density at radius 1 is 1.21 bits per heavy atom. The van der Waals surface area contributed by atoms with E-state index in [0.29, 0.717) is 5.56 Å². The minimum Gasteiger partial charge on any atom is -0.493 e. The third-order valence-electron chi connectivity index (χ3n) is 6.16. The van der Waals surface area contributed by atoms with Crippen molar-refractivity contribution in [2.45, 2.75) is 6.42 Å². The molecule has 1 aromatic carbocycles. The summed E-state index contributed by atoms with van der Waals surface area (Å²) in [6.07, 6.45) is 7.33. The van der Waals surface area contributed by atoms with Gasteiger partial charge in [-0.05, 0) is 36.0 Å². The maximum atomic E-state index is 12.8. The number of nitro groups is 1. The lowest BCUT2D eigenvalue weighted by atomic mass is 9.85. The molecule has 2 bridgehead atoms. The summed E-state index contributed by atoms with van der Waals surface area (Å²) in [4.78, 5) is 39.6. The van der Waals surface area contributed by atoms with Gasteiger partial charge in [0.05, 0.1) is 35.1 Å². The van der Waals surface area contributed by atoms with Crippen molar-refractivity contribution in [2.75, 3.05) is 7.11 Å². The van der Waals surface area contributed by atoms with Crippen LogP contribution in [0, 0.1) is 33.8 Å². The number of amides is 2. The number of ether oxygens (including phenoxy) is 2. The molecule has 0 spiro atoms. The van der Waals surface area contributed by atoms with E-state index in [0.717, 1.165) is 17.6 Å². The van der Waals surface area contributed by atoms with Crippen molar-refractivity contribution in [3.63, 3.8) is 0 Å². The van der Waals surface area contributed by atoms with Crippen LogP contribution in [-0.4, -0.2) is 40.1 Å². The molecule has 0 N–H and O–H groups in total. The van der Waals surface area contributed by atoms with E-state index in [1.165, 1.54) is 31.5 Å². The van der Waals surface area contributed by atoms with Gasteiger partial charge in [-0.2, -0.15) is 10.1 Å². The van der Waals surface area contributed by atoms with Crippen LogP contribution in [0.25, 0.3) is 0 Å². The first-order valence-corrected chi connectivity index (χ1v) is 10.5. The maximum Gasteiger partial charge on any atom is 0.287 e. The monoisotopic (exact) mass is 468 g/mol. The second kappa shape index (κ2) is 7.96. The molecule has 11 heteroatoms. The molecule has 5 rings (SSSR count). The number of nitrogens with zero attached hydrogens (tertiary/aromatic N) is 4. The molecule has 4 atom stereocenters. The van der Waals surface area contributed by atoms with Gasteiger partial charge in [0, 0.05) is 12.1 Å². The van der Waals surface area contributed by atoms with E-state index in [4.69, 9.17) is 21.1 Å². The molecule has 2 aromatic rings. The molecule has 1 saturated heterocycles. The third-order valence-corrected chi connectivity index (χ3v) is 6.44. The second-order valence-electron chi connectivity index (χ2n) is 7.98. The van der Waals surface area contributed by atoms with Gasteiger partial charge in [-0.25, -0.2) is 4.98 Å². The summed E-state index contributed by atoms with van der Waals surface area (Å²) in [5.41, 5.74) is 0.311. The van der Waals surface area contributed by atoms with Gasteiger partial charge in [0.1, 0.15) is 6.20 Å². The summed E-state index contributed by atoms with van der Waals surface area (Å²) in [5, 5.41) is 16.0. The highest BCUT2D eigenvalue weighted by molar-refractivity contribution is 6.32. The van der Waals surface area contributed by atoms with Gasteiger partial charge in [0.15, 0.2) is 11.5 Å². The van der Waals surface area contributed by atoms with E-state index in [-0.39, 0.29) is 63.6 Å². The van der Waals surface area contributed by atoms with Crippen LogP contribution in [0.3, 0.4) is 0 Å². The number of hydrazone groups is 1. The van der Waals surface area contributed by atoms with Crippen LogP contribution in [0.15, 0.2) is 47.7 Å². The molecule has 2 fully saturated rings. The van der Waals surface area contributed by atoms with Crippen LogP contribution in [0.2, 0.25) is 5.02 Å². The Balaban J connectivity index is 1.36. The highest BCUT2D eigenvalue weighted by atomic mass is 35.5. The van der Waals surface area contributed by atoms with E-state index in [1.807, 2.05) is 12.2 Å². The predicted molar refractivity (Wildman–Crippen MR) is 116 cm³/mol. The van der Waals surface area contributed by atoms with Crippen LogP contribution in [0.1, 0.15) is 12.0 Å². The molecular weight excluding hydrogens is 452 g/mol. The van der Waals surface area contributed by atoms with Crippen LogP contribution in [-0.2, 0) is 9.59 Å². The molecule has 2 amide bonds. The first-order chi connectivity index (χ1) is 15.9. The molecule has 10 nitrogen and oxygen atoms in total. The number of hydrogen-bond acceptors (Lipinski definition) is 8. The molecule has 0 radical (unpaired) electrons. The van der Waals surface area contributed by atoms with Gasteiger partial charge in [-0.1, -0.05) is 23.8 Å². The van der Waals surface area contributed by atoms with Crippen molar-refractivity contribution in [1.82, 2.24) is 9.99 Å². The SMILES string of the molecule is COc1cc(C=NN2C(=O)[C@@H]3[C@H](C2=O)[C@H]2C=C[C@H]3C2)cc(Cl)c1Oc1ccc([N+](=O)[O-])cn1. The molecule has 1 aromatic heterocycles. The van der Waals surface area contributed by atoms with E-state index < -0.39 is 4.92 Å². The van der Waals surface area contributed by atoms with Crippen molar-refractivity contribution in [2.24, 2.45) is 28.8 Å². The fourth-order valence-electron chi connectivity index (χ4n) is 4.68. The van der Waals surface area contributed by atoms with Crippen LogP contribution < -0.4 is 9.47 Å². The number of fused-ring (bicyclic) bond motifs is 5. The number of allylic oxidation sites excluding steroid dienone is 2. The van der Waals surface area contributed by atoms with Crippen molar-refractivity contribution in [3.05, 3.63) is 63.3 Å². The molecule has 1 aliphatic heterocycles. The number of benzene rings is 1. The van der Waals surface area contributed by atoms with Crippen LogP contribution >= 0.6 is 11.6 Å². The van der Waals surface area contributed by atoms with Gasteiger partial charge >= 0.3 is 0 Å². The molecule has 2 heterocycles. The van der Waals surface area contributed by atoms with Crippen molar-refractivity contribution in [1.29, 1.82) is 0 Å². The van der Waals surface area contributed by atoms with Crippen molar-refractivity contribution >= 4 is 35.3 Å². The lowest BCUT2D eigenvalue weighted by Crippen LogP contribution is -2.28. The average molecular weight is 469 g/mol. The quantitative estimate of drug-likeness (QED) is 0.208. The molecule has 2 aliphatic carbocycles. The summed E-state index contributed by atoms with van der Waals surface area (Å²) in [6.45, 7) is 0. The van der Waals surface area contributed by atoms with Crippen molar-refractivity contribution in [3.8, 4) is 17.4 Å². The fraction of sp³-hybridized carbons (Fsp3) is 0.273. The molecule has 33 heavy (non-hydrogen) atoms. The molecule has 168 valence electrons. The number of hydrogen-bond donors (Lipinski definition) is 0. The van der Waals surface area contributed by atoms with E-state index in [2.05, 4.69) is 10.1 Å². The minimum atomic E-state index is -0.567. The normalized spacial score (nSPS) is 25.2. The fourth-order valence-corrected chi connectivity index (χ4v) is 4.94. The topological polar surface area (TPSA) is 124 Å². The first-order valence-electron chi connectivity index (χ1n) is 10.1.